The normalized spacial score (nSPS) is 10.5. The molecule has 19 heavy (non-hydrogen) atoms. The van der Waals surface area contributed by atoms with Gasteiger partial charge in [0.2, 0.25) is 0 Å². The molecule has 0 radical (unpaired) electrons. The second kappa shape index (κ2) is 5.89. The molecule has 2 heteroatoms. The monoisotopic (exact) mass is 255 g/mol. The highest BCUT2D eigenvalue weighted by molar-refractivity contribution is 5.36. The molecular formula is C17H21NO. The zero-order valence-electron chi connectivity index (χ0n) is 11.9. The van der Waals surface area contributed by atoms with E-state index in [1.54, 1.807) is 0 Å². The molecule has 2 aromatic carbocycles. The van der Waals surface area contributed by atoms with Crippen LogP contribution in [0.15, 0.2) is 36.4 Å². The van der Waals surface area contributed by atoms with Crippen molar-refractivity contribution in [2.75, 3.05) is 0 Å². The van der Waals surface area contributed by atoms with E-state index in [4.69, 9.17) is 10.5 Å². The summed E-state index contributed by atoms with van der Waals surface area (Å²) in [4.78, 5) is 0. The highest BCUT2D eigenvalue weighted by atomic mass is 16.5. The number of ether oxygens (including phenoxy) is 1. The van der Waals surface area contributed by atoms with Crippen molar-refractivity contribution in [1.29, 1.82) is 0 Å². The lowest BCUT2D eigenvalue weighted by Crippen LogP contribution is -2.02. The Morgan fingerprint density at radius 3 is 2.37 bits per heavy atom. The highest BCUT2D eigenvalue weighted by Crippen LogP contribution is 2.21. The van der Waals surface area contributed by atoms with Crippen LogP contribution in [-0.2, 0) is 13.2 Å². The Hall–Kier alpha value is -1.80. The molecule has 0 saturated heterocycles. The number of aryl methyl sites for hydroxylation is 3. The molecule has 2 aromatic rings. The predicted octanol–water partition coefficient (Wildman–Crippen LogP) is 3.65. The molecule has 0 heterocycles. The van der Waals surface area contributed by atoms with E-state index in [0.717, 1.165) is 11.3 Å². The van der Waals surface area contributed by atoms with E-state index in [1.807, 2.05) is 6.07 Å². The van der Waals surface area contributed by atoms with Gasteiger partial charge in [0.25, 0.3) is 0 Å². The molecule has 2 N–H and O–H groups in total. The molecule has 0 unspecified atom stereocenters. The number of nitrogens with two attached hydrogens (primary N) is 1. The van der Waals surface area contributed by atoms with E-state index in [1.165, 1.54) is 22.3 Å². The van der Waals surface area contributed by atoms with Gasteiger partial charge in [0.1, 0.15) is 12.4 Å². The van der Waals surface area contributed by atoms with Crippen molar-refractivity contribution in [3.63, 3.8) is 0 Å². The quantitative estimate of drug-likeness (QED) is 0.905. The van der Waals surface area contributed by atoms with Crippen molar-refractivity contribution in [3.05, 3.63) is 64.2 Å². The van der Waals surface area contributed by atoms with Crippen molar-refractivity contribution in [2.45, 2.75) is 33.9 Å². The van der Waals surface area contributed by atoms with Crippen molar-refractivity contribution in [2.24, 2.45) is 5.73 Å². The summed E-state index contributed by atoms with van der Waals surface area (Å²) in [5.74, 6) is 0.952. The average Bonchev–Trinajstić information content (AvgIpc) is 2.39. The first-order chi connectivity index (χ1) is 9.10. The van der Waals surface area contributed by atoms with Gasteiger partial charge < -0.3 is 10.5 Å². The van der Waals surface area contributed by atoms with Gasteiger partial charge in [0.15, 0.2) is 0 Å². The molecule has 0 aliphatic heterocycles. The van der Waals surface area contributed by atoms with Gasteiger partial charge in [0.05, 0.1) is 0 Å². The lowest BCUT2D eigenvalue weighted by molar-refractivity contribution is 0.303. The molecule has 0 aliphatic carbocycles. The third-order valence-electron chi connectivity index (χ3n) is 3.36. The zero-order chi connectivity index (χ0) is 13.8. The third-order valence-corrected chi connectivity index (χ3v) is 3.36. The standard InChI is InChI=1S/C17H21NO/c1-12-4-7-17(14(3)8-12)19-11-16-6-5-15(10-18)9-13(16)2/h4-9H,10-11,18H2,1-3H3. The van der Waals surface area contributed by atoms with E-state index in [0.29, 0.717) is 13.2 Å². The minimum Gasteiger partial charge on any atom is -0.489 e. The Labute approximate surface area is 115 Å². The smallest absolute Gasteiger partial charge is 0.122 e. The number of benzene rings is 2. The van der Waals surface area contributed by atoms with Gasteiger partial charge in [-0.25, -0.2) is 0 Å². The van der Waals surface area contributed by atoms with E-state index < -0.39 is 0 Å². The minimum absolute atomic E-state index is 0.582. The molecule has 2 rings (SSSR count). The van der Waals surface area contributed by atoms with Crippen LogP contribution in [-0.4, -0.2) is 0 Å². The predicted molar refractivity (Wildman–Crippen MR) is 79.3 cm³/mol. The Morgan fingerprint density at radius 2 is 1.74 bits per heavy atom. The fourth-order valence-electron chi connectivity index (χ4n) is 2.16. The van der Waals surface area contributed by atoms with Crippen molar-refractivity contribution in [3.8, 4) is 5.75 Å². The molecule has 2 nitrogen and oxygen atoms in total. The first-order valence-electron chi connectivity index (χ1n) is 6.58. The van der Waals surface area contributed by atoms with Gasteiger partial charge in [-0.2, -0.15) is 0 Å². The molecule has 0 aliphatic rings. The van der Waals surface area contributed by atoms with E-state index in [9.17, 15) is 0 Å². The summed E-state index contributed by atoms with van der Waals surface area (Å²) in [5, 5.41) is 0. The first-order valence-corrected chi connectivity index (χ1v) is 6.58. The van der Waals surface area contributed by atoms with E-state index in [-0.39, 0.29) is 0 Å². The van der Waals surface area contributed by atoms with E-state index in [2.05, 4.69) is 51.1 Å². The molecular weight excluding hydrogens is 234 g/mol. The summed E-state index contributed by atoms with van der Waals surface area (Å²) in [6, 6.07) is 12.5. The zero-order valence-corrected chi connectivity index (χ0v) is 11.9. The highest BCUT2D eigenvalue weighted by Gasteiger charge is 2.03. The minimum atomic E-state index is 0.582. The van der Waals surface area contributed by atoms with Gasteiger partial charge in [0, 0.05) is 6.54 Å². The Morgan fingerprint density at radius 1 is 0.947 bits per heavy atom. The average molecular weight is 255 g/mol. The maximum Gasteiger partial charge on any atom is 0.122 e. The number of hydrogen-bond acceptors (Lipinski definition) is 2. The van der Waals surface area contributed by atoms with Crippen LogP contribution in [0.3, 0.4) is 0 Å². The second-order valence-electron chi connectivity index (χ2n) is 5.02. The second-order valence-corrected chi connectivity index (χ2v) is 5.02. The summed E-state index contributed by atoms with van der Waals surface area (Å²) in [6.45, 7) is 7.44. The van der Waals surface area contributed by atoms with Crippen LogP contribution in [0.4, 0.5) is 0 Å². The number of hydrogen-bond donors (Lipinski definition) is 1. The Balaban J connectivity index is 2.10. The summed E-state index contributed by atoms with van der Waals surface area (Å²) < 4.78 is 5.90. The summed E-state index contributed by atoms with van der Waals surface area (Å²) >= 11 is 0. The molecule has 0 aromatic heterocycles. The molecule has 0 saturated carbocycles. The molecule has 0 amide bonds. The lowest BCUT2D eigenvalue weighted by Gasteiger charge is -2.12. The molecule has 0 spiro atoms. The van der Waals surface area contributed by atoms with Crippen molar-refractivity contribution < 1.29 is 4.74 Å². The Kier molecular flexibility index (Phi) is 4.23. The Bertz CT molecular complexity index is 575. The van der Waals surface area contributed by atoms with Crippen LogP contribution in [0, 0.1) is 20.8 Å². The molecule has 0 atom stereocenters. The summed E-state index contributed by atoms with van der Waals surface area (Å²) in [5.41, 5.74) is 11.7. The van der Waals surface area contributed by atoms with Gasteiger partial charge >= 0.3 is 0 Å². The molecule has 100 valence electrons. The maximum atomic E-state index is 5.90. The lowest BCUT2D eigenvalue weighted by atomic mass is 10.1. The molecule has 0 fully saturated rings. The first kappa shape index (κ1) is 13.6. The summed E-state index contributed by atoms with van der Waals surface area (Å²) in [6.07, 6.45) is 0. The van der Waals surface area contributed by atoms with Crippen LogP contribution < -0.4 is 10.5 Å². The van der Waals surface area contributed by atoms with Crippen LogP contribution in [0.2, 0.25) is 0 Å². The topological polar surface area (TPSA) is 35.2 Å². The fraction of sp³-hybridized carbons (Fsp3) is 0.294. The van der Waals surface area contributed by atoms with Gasteiger partial charge in [-0.1, -0.05) is 35.9 Å². The SMILES string of the molecule is Cc1ccc(OCc2ccc(CN)cc2C)c(C)c1. The fourth-order valence-corrected chi connectivity index (χ4v) is 2.16. The van der Waals surface area contributed by atoms with Crippen LogP contribution in [0.1, 0.15) is 27.8 Å². The van der Waals surface area contributed by atoms with Crippen molar-refractivity contribution >= 4 is 0 Å². The van der Waals surface area contributed by atoms with Crippen molar-refractivity contribution in [1.82, 2.24) is 0 Å². The van der Waals surface area contributed by atoms with Gasteiger partial charge in [-0.05, 0) is 49.1 Å². The van der Waals surface area contributed by atoms with Crippen LogP contribution in [0.5, 0.6) is 5.75 Å². The molecule has 0 bridgehead atoms. The van der Waals surface area contributed by atoms with Crippen LogP contribution >= 0.6 is 0 Å². The summed E-state index contributed by atoms with van der Waals surface area (Å²) in [7, 11) is 0. The van der Waals surface area contributed by atoms with Gasteiger partial charge in [-0.3, -0.25) is 0 Å². The van der Waals surface area contributed by atoms with Crippen LogP contribution in [0.25, 0.3) is 0 Å². The van der Waals surface area contributed by atoms with E-state index >= 15 is 0 Å². The van der Waals surface area contributed by atoms with Gasteiger partial charge in [-0.15, -0.1) is 0 Å². The largest absolute Gasteiger partial charge is 0.489 e. The number of rotatable bonds is 4. The third kappa shape index (κ3) is 3.36. The maximum absolute atomic E-state index is 5.90.